The third kappa shape index (κ3) is 2.61. The number of benzene rings is 1. The van der Waals surface area contributed by atoms with Gasteiger partial charge in [0.15, 0.2) is 0 Å². The first-order chi connectivity index (χ1) is 6.24. The fourth-order valence-electron chi connectivity index (χ4n) is 0.828. The van der Waals surface area contributed by atoms with Crippen LogP contribution < -0.4 is 0 Å². The molecule has 68 valence electrons. The highest BCUT2D eigenvalue weighted by molar-refractivity contribution is 5.89. The van der Waals surface area contributed by atoms with Crippen molar-refractivity contribution in [3.63, 3.8) is 0 Å². The Kier molecular flexibility index (Phi) is 3.05. The number of aliphatic carboxylic acids is 1. The summed E-state index contributed by atoms with van der Waals surface area (Å²) >= 11 is 0. The minimum absolute atomic E-state index is 0.508. The molecule has 0 spiro atoms. The minimum Gasteiger partial charge on any atom is -0.475 e. The maximum Gasteiger partial charge on any atom is 0.375 e. The van der Waals surface area contributed by atoms with Crippen molar-refractivity contribution in [1.82, 2.24) is 0 Å². The highest BCUT2D eigenvalue weighted by atomic mass is 17.1. The average Bonchev–Trinajstić information content (AvgIpc) is 2.15. The van der Waals surface area contributed by atoms with E-state index in [4.69, 9.17) is 10.4 Å². The van der Waals surface area contributed by atoms with Crippen molar-refractivity contribution in [3.8, 4) is 0 Å². The van der Waals surface area contributed by atoms with Gasteiger partial charge in [-0.15, -0.1) is 0 Å². The van der Waals surface area contributed by atoms with E-state index in [0.717, 1.165) is 0 Å². The standard InChI is InChI=1S/C9H8O4/c10-9(11)8(13-12)6-7-4-2-1-3-5-7/h1-6,12H,(H,10,11). The Morgan fingerprint density at radius 1 is 1.31 bits per heavy atom. The van der Waals surface area contributed by atoms with Crippen LogP contribution in [-0.2, 0) is 9.68 Å². The van der Waals surface area contributed by atoms with Gasteiger partial charge in [-0.25, -0.2) is 10.1 Å². The van der Waals surface area contributed by atoms with Crippen molar-refractivity contribution in [3.05, 3.63) is 41.7 Å². The van der Waals surface area contributed by atoms with Gasteiger partial charge in [-0.2, -0.15) is 0 Å². The first-order valence-electron chi connectivity index (χ1n) is 3.55. The second kappa shape index (κ2) is 4.27. The molecule has 0 saturated heterocycles. The normalized spacial score (nSPS) is 11.0. The summed E-state index contributed by atoms with van der Waals surface area (Å²) in [6.07, 6.45) is 1.22. The van der Waals surface area contributed by atoms with Crippen molar-refractivity contribution < 1.29 is 20.0 Å². The predicted molar refractivity (Wildman–Crippen MR) is 45.8 cm³/mol. The third-order valence-electron chi connectivity index (χ3n) is 1.41. The van der Waals surface area contributed by atoms with E-state index < -0.39 is 11.7 Å². The molecule has 2 N–H and O–H groups in total. The van der Waals surface area contributed by atoms with Crippen molar-refractivity contribution >= 4 is 12.0 Å². The monoisotopic (exact) mass is 180 g/mol. The zero-order valence-electron chi connectivity index (χ0n) is 6.68. The number of rotatable bonds is 3. The zero-order chi connectivity index (χ0) is 9.68. The first-order valence-corrected chi connectivity index (χ1v) is 3.55. The molecule has 0 aliphatic rings. The van der Waals surface area contributed by atoms with E-state index in [1.165, 1.54) is 6.08 Å². The Hall–Kier alpha value is -1.81. The van der Waals surface area contributed by atoms with Crippen molar-refractivity contribution in [2.24, 2.45) is 0 Å². The number of carboxylic acid groups (broad SMARTS) is 1. The van der Waals surface area contributed by atoms with Crippen LogP contribution in [0.4, 0.5) is 0 Å². The van der Waals surface area contributed by atoms with Crippen LogP contribution in [0.3, 0.4) is 0 Å². The molecule has 0 radical (unpaired) electrons. The molecule has 0 unspecified atom stereocenters. The summed E-state index contributed by atoms with van der Waals surface area (Å²) in [5.41, 5.74) is 0.647. The van der Waals surface area contributed by atoms with Gasteiger partial charge in [-0.05, 0) is 11.6 Å². The molecule has 0 aromatic heterocycles. The molecule has 4 nitrogen and oxygen atoms in total. The van der Waals surface area contributed by atoms with Crippen LogP contribution in [0.2, 0.25) is 0 Å². The topological polar surface area (TPSA) is 66.8 Å². The molecule has 1 rings (SSSR count). The van der Waals surface area contributed by atoms with Crippen LogP contribution >= 0.6 is 0 Å². The Labute approximate surface area is 74.6 Å². The molecule has 0 atom stereocenters. The highest BCUT2D eigenvalue weighted by Crippen LogP contribution is 2.06. The SMILES string of the molecule is O=C(O)C(=Cc1ccccc1)OO. The van der Waals surface area contributed by atoms with Crippen molar-refractivity contribution in [2.75, 3.05) is 0 Å². The number of hydrogen-bond acceptors (Lipinski definition) is 3. The van der Waals surface area contributed by atoms with E-state index in [0.29, 0.717) is 5.56 Å². The summed E-state index contributed by atoms with van der Waals surface area (Å²) in [7, 11) is 0. The summed E-state index contributed by atoms with van der Waals surface area (Å²) in [6, 6.07) is 8.70. The molecule has 1 aromatic rings. The molecule has 0 aliphatic heterocycles. The van der Waals surface area contributed by atoms with Gasteiger partial charge in [-0.1, -0.05) is 30.3 Å². The van der Waals surface area contributed by atoms with Crippen LogP contribution in [0.15, 0.2) is 36.1 Å². The van der Waals surface area contributed by atoms with E-state index in [1.807, 2.05) is 0 Å². The van der Waals surface area contributed by atoms with Crippen LogP contribution in [0.5, 0.6) is 0 Å². The Morgan fingerprint density at radius 3 is 2.38 bits per heavy atom. The van der Waals surface area contributed by atoms with E-state index in [2.05, 4.69) is 4.89 Å². The lowest BCUT2D eigenvalue weighted by atomic mass is 10.2. The number of hydrogen-bond donors (Lipinski definition) is 2. The van der Waals surface area contributed by atoms with Crippen LogP contribution in [-0.4, -0.2) is 16.3 Å². The van der Waals surface area contributed by atoms with Gasteiger partial charge in [-0.3, -0.25) is 0 Å². The largest absolute Gasteiger partial charge is 0.475 e. The first kappa shape index (κ1) is 9.28. The van der Waals surface area contributed by atoms with Gasteiger partial charge in [0, 0.05) is 0 Å². The second-order valence-corrected chi connectivity index (χ2v) is 2.32. The number of carbonyl (C=O) groups is 1. The average molecular weight is 180 g/mol. The Morgan fingerprint density at radius 2 is 1.92 bits per heavy atom. The summed E-state index contributed by atoms with van der Waals surface area (Å²) in [4.78, 5) is 14.1. The van der Waals surface area contributed by atoms with E-state index in [1.54, 1.807) is 30.3 Å². The van der Waals surface area contributed by atoms with Gasteiger partial charge >= 0.3 is 5.97 Å². The lowest BCUT2D eigenvalue weighted by Crippen LogP contribution is -2.02. The van der Waals surface area contributed by atoms with E-state index in [-0.39, 0.29) is 0 Å². The predicted octanol–water partition coefficient (Wildman–Crippen LogP) is 1.60. The van der Waals surface area contributed by atoms with Gasteiger partial charge in [0.25, 0.3) is 0 Å². The second-order valence-electron chi connectivity index (χ2n) is 2.32. The molecular formula is C9H8O4. The minimum atomic E-state index is -1.31. The Bertz CT molecular complexity index is 316. The van der Waals surface area contributed by atoms with Crippen LogP contribution in [0.1, 0.15) is 5.56 Å². The van der Waals surface area contributed by atoms with Gasteiger partial charge in [0.05, 0.1) is 0 Å². The van der Waals surface area contributed by atoms with E-state index in [9.17, 15) is 4.79 Å². The molecule has 0 bridgehead atoms. The summed E-state index contributed by atoms with van der Waals surface area (Å²) in [6.45, 7) is 0. The van der Waals surface area contributed by atoms with Gasteiger partial charge in [0.2, 0.25) is 5.76 Å². The zero-order valence-corrected chi connectivity index (χ0v) is 6.68. The highest BCUT2D eigenvalue weighted by Gasteiger charge is 2.07. The third-order valence-corrected chi connectivity index (χ3v) is 1.41. The number of carboxylic acids is 1. The molecule has 4 heteroatoms. The quantitative estimate of drug-likeness (QED) is 0.321. The Balaban J connectivity index is 2.92. The van der Waals surface area contributed by atoms with Gasteiger partial charge in [0.1, 0.15) is 0 Å². The molecular weight excluding hydrogens is 172 g/mol. The molecule has 0 heterocycles. The molecule has 0 amide bonds. The van der Waals surface area contributed by atoms with Crippen LogP contribution in [0, 0.1) is 0 Å². The summed E-state index contributed by atoms with van der Waals surface area (Å²) in [5.74, 6) is -1.82. The fourth-order valence-corrected chi connectivity index (χ4v) is 0.828. The molecule has 0 fully saturated rings. The smallest absolute Gasteiger partial charge is 0.375 e. The fraction of sp³-hybridized carbons (Fsp3) is 0. The van der Waals surface area contributed by atoms with Crippen molar-refractivity contribution in [1.29, 1.82) is 0 Å². The maximum absolute atomic E-state index is 10.4. The molecule has 13 heavy (non-hydrogen) atoms. The lowest BCUT2D eigenvalue weighted by molar-refractivity contribution is -0.209. The van der Waals surface area contributed by atoms with Gasteiger partial charge < -0.3 is 9.99 Å². The van der Waals surface area contributed by atoms with Crippen LogP contribution in [0.25, 0.3) is 6.08 Å². The summed E-state index contributed by atoms with van der Waals surface area (Å²) in [5, 5.41) is 16.7. The van der Waals surface area contributed by atoms with Crippen molar-refractivity contribution in [2.45, 2.75) is 0 Å². The molecule has 1 aromatic carbocycles. The maximum atomic E-state index is 10.4. The lowest BCUT2D eigenvalue weighted by Gasteiger charge is -1.96. The van der Waals surface area contributed by atoms with E-state index >= 15 is 0 Å². The summed E-state index contributed by atoms with van der Waals surface area (Å²) < 4.78 is 0. The molecule has 0 aliphatic carbocycles. The molecule has 0 saturated carbocycles.